The van der Waals surface area contributed by atoms with Gasteiger partial charge >= 0.3 is 0 Å². The fraction of sp³-hybridized carbons (Fsp3) is 0.238. The van der Waals surface area contributed by atoms with E-state index in [1.54, 1.807) is 12.1 Å². The van der Waals surface area contributed by atoms with Crippen molar-refractivity contribution in [1.29, 1.82) is 0 Å². The van der Waals surface area contributed by atoms with Crippen molar-refractivity contribution in [3.63, 3.8) is 0 Å². The highest BCUT2D eigenvalue weighted by Gasteiger charge is 2.34. The summed E-state index contributed by atoms with van der Waals surface area (Å²) in [5.74, 6) is -2.80. The van der Waals surface area contributed by atoms with Crippen molar-refractivity contribution in [3.8, 4) is 5.75 Å². The summed E-state index contributed by atoms with van der Waals surface area (Å²) in [5, 5.41) is 11.1. The van der Waals surface area contributed by atoms with E-state index >= 15 is 0 Å². The largest absolute Gasteiger partial charge is 0.504 e. The van der Waals surface area contributed by atoms with E-state index in [9.17, 15) is 27.5 Å². The van der Waals surface area contributed by atoms with Crippen LogP contribution in [0.2, 0.25) is 0 Å². The van der Waals surface area contributed by atoms with E-state index < -0.39 is 45.6 Å². The second-order valence-corrected chi connectivity index (χ2v) is 9.54. The van der Waals surface area contributed by atoms with Crippen LogP contribution in [0.25, 0.3) is 10.9 Å². The maximum absolute atomic E-state index is 13.4. The van der Waals surface area contributed by atoms with Crippen LogP contribution < -0.4 is 10.0 Å². The first-order valence-electron chi connectivity index (χ1n) is 9.97. The van der Waals surface area contributed by atoms with Gasteiger partial charge in [0.05, 0.1) is 5.75 Å². The SMILES string of the molecule is NC(=O)CN(Cc1ccc(F)cc1)C(=O)c1nc(N2CCCS2(=O)=O)c2cccnc2c1O. The van der Waals surface area contributed by atoms with E-state index in [1.165, 1.54) is 30.5 Å². The molecule has 0 radical (unpaired) electrons. The van der Waals surface area contributed by atoms with E-state index in [0.717, 1.165) is 9.21 Å². The van der Waals surface area contributed by atoms with Crippen molar-refractivity contribution in [2.24, 2.45) is 5.73 Å². The van der Waals surface area contributed by atoms with Crippen molar-refractivity contribution >= 4 is 38.6 Å². The Kier molecular flexibility index (Phi) is 5.85. The molecule has 1 aromatic carbocycles. The molecule has 10 nitrogen and oxygen atoms in total. The number of primary amides is 1. The predicted molar refractivity (Wildman–Crippen MR) is 117 cm³/mol. The minimum Gasteiger partial charge on any atom is -0.504 e. The second-order valence-electron chi connectivity index (χ2n) is 7.53. The number of nitrogens with two attached hydrogens (primary N) is 1. The van der Waals surface area contributed by atoms with Gasteiger partial charge in [-0.25, -0.2) is 17.8 Å². The zero-order chi connectivity index (χ0) is 23.8. The molecule has 1 fully saturated rings. The Hall–Kier alpha value is -3.80. The fourth-order valence-electron chi connectivity index (χ4n) is 3.67. The number of halogens is 1. The molecule has 0 bridgehead atoms. The molecule has 2 aromatic heterocycles. The van der Waals surface area contributed by atoms with Crippen LogP contribution in [0.1, 0.15) is 22.5 Å². The van der Waals surface area contributed by atoms with Gasteiger partial charge in [0.25, 0.3) is 5.91 Å². The van der Waals surface area contributed by atoms with E-state index in [4.69, 9.17) is 5.73 Å². The quantitative estimate of drug-likeness (QED) is 0.546. The van der Waals surface area contributed by atoms with Gasteiger partial charge in [-0.1, -0.05) is 12.1 Å². The number of nitrogens with zero attached hydrogens (tertiary/aromatic N) is 4. The molecule has 0 aliphatic carbocycles. The fourth-order valence-corrected chi connectivity index (χ4v) is 5.19. The number of anilines is 1. The van der Waals surface area contributed by atoms with E-state index in [2.05, 4.69) is 9.97 Å². The molecule has 3 aromatic rings. The Morgan fingerprint density at radius 2 is 1.94 bits per heavy atom. The number of pyridine rings is 2. The van der Waals surface area contributed by atoms with Crippen LogP contribution in [0.15, 0.2) is 42.6 Å². The third kappa shape index (κ3) is 4.42. The number of amides is 2. The number of aromatic hydroxyl groups is 1. The van der Waals surface area contributed by atoms with Gasteiger partial charge in [-0.15, -0.1) is 0 Å². The summed E-state index contributed by atoms with van der Waals surface area (Å²) < 4.78 is 39.4. The van der Waals surface area contributed by atoms with Gasteiger partial charge in [0.2, 0.25) is 15.9 Å². The first-order chi connectivity index (χ1) is 15.7. The number of aromatic nitrogens is 2. The third-order valence-electron chi connectivity index (χ3n) is 5.17. The molecule has 2 amide bonds. The Bertz CT molecular complexity index is 1350. The second kappa shape index (κ2) is 8.62. The van der Waals surface area contributed by atoms with Crippen LogP contribution in [0, 0.1) is 5.82 Å². The number of rotatable bonds is 6. The number of sulfonamides is 1. The number of hydrogen-bond donors (Lipinski definition) is 2. The predicted octanol–water partition coefficient (Wildman–Crippen LogP) is 1.14. The lowest BCUT2D eigenvalue weighted by atomic mass is 10.1. The van der Waals surface area contributed by atoms with Gasteiger partial charge in [-0.2, -0.15) is 0 Å². The molecule has 0 spiro atoms. The zero-order valence-electron chi connectivity index (χ0n) is 17.3. The summed E-state index contributed by atoms with van der Waals surface area (Å²) in [6, 6.07) is 8.39. The first kappa shape index (κ1) is 22.4. The average Bonchev–Trinajstić information content (AvgIpc) is 3.13. The maximum Gasteiger partial charge on any atom is 0.277 e. The molecule has 4 rings (SSSR count). The topological polar surface area (TPSA) is 147 Å². The molecule has 3 heterocycles. The van der Waals surface area contributed by atoms with Crippen LogP contribution in [0.3, 0.4) is 0 Å². The van der Waals surface area contributed by atoms with Crippen molar-refractivity contribution in [2.75, 3.05) is 23.1 Å². The summed E-state index contributed by atoms with van der Waals surface area (Å²) in [5.41, 5.74) is 5.33. The lowest BCUT2D eigenvalue weighted by Crippen LogP contribution is -2.38. The number of benzene rings is 1. The summed E-state index contributed by atoms with van der Waals surface area (Å²) in [7, 11) is -3.65. The number of carbonyl (C=O) groups is 2. The molecule has 0 unspecified atom stereocenters. The molecule has 0 saturated carbocycles. The smallest absolute Gasteiger partial charge is 0.277 e. The van der Waals surface area contributed by atoms with E-state index in [1.807, 2.05) is 0 Å². The molecule has 33 heavy (non-hydrogen) atoms. The molecule has 172 valence electrons. The van der Waals surface area contributed by atoms with Crippen LogP contribution in [-0.2, 0) is 21.4 Å². The van der Waals surface area contributed by atoms with Crippen LogP contribution >= 0.6 is 0 Å². The molecular weight excluding hydrogens is 453 g/mol. The Morgan fingerprint density at radius 1 is 1.21 bits per heavy atom. The van der Waals surface area contributed by atoms with Crippen molar-refractivity contribution in [3.05, 3.63) is 59.7 Å². The molecule has 0 atom stereocenters. The Morgan fingerprint density at radius 3 is 2.58 bits per heavy atom. The number of carbonyl (C=O) groups excluding carboxylic acids is 2. The van der Waals surface area contributed by atoms with Gasteiger partial charge in [-0.3, -0.25) is 18.9 Å². The summed E-state index contributed by atoms with van der Waals surface area (Å²) in [4.78, 5) is 34.4. The van der Waals surface area contributed by atoms with Crippen LogP contribution in [0.4, 0.5) is 10.2 Å². The Labute approximate surface area is 188 Å². The highest BCUT2D eigenvalue weighted by atomic mass is 32.2. The van der Waals surface area contributed by atoms with Crippen LogP contribution in [-0.4, -0.2) is 59.0 Å². The molecule has 1 aliphatic rings. The minimum atomic E-state index is -3.65. The first-order valence-corrected chi connectivity index (χ1v) is 11.6. The highest BCUT2D eigenvalue weighted by Crippen LogP contribution is 2.35. The highest BCUT2D eigenvalue weighted by molar-refractivity contribution is 7.93. The average molecular weight is 473 g/mol. The molecule has 1 saturated heterocycles. The van der Waals surface area contributed by atoms with E-state index in [-0.39, 0.29) is 35.6 Å². The van der Waals surface area contributed by atoms with Gasteiger partial charge in [0, 0.05) is 24.7 Å². The standard InChI is InChI=1S/C21H20FN5O5S/c22-14-6-4-13(5-7-14)11-26(12-16(23)28)21(30)18-19(29)17-15(3-1-8-24-17)20(25-18)27-9-2-10-33(27,31)32/h1,3-8,29H,2,9-12H2,(H2,23,28). The summed E-state index contributed by atoms with van der Waals surface area (Å²) in [6.07, 6.45) is 1.77. The van der Waals surface area contributed by atoms with Crippen molar-refractivity contribution < 1.29 is 27.5 Å². The third-order valence-corrected chi connectivity index (χ3v) is 7.01. The minimum absolute atomic E-state index is 0.00578. The number of hydrogen-bond acceptors (Lipinski definition) is 7. The van der Waals surface area contributed by atoms with Crippen molar-refractivity contribution in [2.45, 2.75) is 13.0 Å². The molecular formula is C21H20FN5O5S. The zero-order valence-corrected chi connectivity index (χ0v) is 18.1. The summed E-state index contributed by atoms with van der Waals surface area (Å²) >= 11 is 0. The monoisotopic (exact) mass is 473 g/mol. The van der Waals surface area contributed by atoms with Gasteiger partial charge in [0.1, 0.15) is 17.9 Å². The molecule has 12 heteroatoms. The lowest BCUT2D eigenvalue weighted by Gasteiger charge is -2.23. The Balaban J connectivity index is 1.82. The van der Waals surface area contributed by atoms with E-state index in [0.29, 0.717) is 12.0 Å². The van der Waals surface area contributed by atoms with Crippen LogP contribution in [0.5, 0.6) is 5.75 Å². The van der Waals surface area contributed by atoms with Gasteiger partial charge in [0.15, 0.2) is 17.3 Å². The maximum atomic E-state index is 13.4. The summed E-state index contributed by atoms with van der Waals surface area (Å²) in [6.45, 7) is -0.464. The normalized spacial score (nSPS) is 15.0. The van der Waals surface area contributed by atoms with Gasteiger partial charge < -0.3 is 15.7 Å². The molecule has 1 aliphatic heterocycles. The lowest BCUT2D eigenvalue weighted by molar-refractivity contribution is -0.118. The van der Waals surface area contributed by atoms with Crippen molar-refractivity contribution in [1.82, 2.24) is 14.9 Å². The number of fused-ring (bicyclic) bond motifs is 1. The van der Waals surface area contributed by atoms with Gasteiger partial charge in [-0.05, 0) is 36.2 Å². The molecule has 3 N–H and O–H groups in total.